The number of methoxy groups -OCH3 is 1. The van der Waals surface area contributed by atoms with Gasteiger partial charge in [-0.1, -0.05) is 17.2 Å². The molecule has 3 rings (SSSR count). The van der Waals surface area contributed by atoms with Crippen molar-refractivity contribution >= 4 is 27.7 Å². The first-order valence-electron chi connectivity index (χ1n) is 8.37. The van der Waals surface area contributed by atoms with Crippen molar-refractivity contribution in [2.24, 2.45) is 0 Å². The summed E-state index contributed by atoms with van der Waals surface area (Å²) in [5.41, 5.74) is 1.40. The first-order valence-corrected chi connectivity index (χ1v) is 10.3. The molecule has 29 heavy (non-hydrogen) atoms. The van der Waals surface area contributed by atoms with Crippen molar-refractivity contribution in [1.82, 2.24) is 10.2 Å². The molecule has 9 nitrogen and oxygen atoms in total. The van der Waals surface area contributed by atoms with Crippen LogP contribution in [0.15, 0.2) is 57.8 Å². The van der Waals surface area contributed by atoms with E-state index in [0.717, 1.165) is 11.8 Å². The number of nitrogens with one attached hydrogen (secondary N) is 1. The van der Waals surface area contributed by atoms with Crippen molar-refractivity contribution < 1.29 is 27.2 Å². The van der Waals surface area contributed by atoms with Gasteiger partial charge in [-0.15, -0.1) is 5.10 Å². The summed E-state index contributed by atoms with van der Waals surface area (Å²) in [6.45, 7) is 0. The lowest BCUT2D eigenvalue weighted by molar-refractivity contribution is 0.0600. The van der Waals surface area contributed by atoms with Gasteiger partial charge in [-0.2, -0.15) is 0 Å². The highest BCUT2D eigenvalue weighted by atomic mass is 32.2. The summed E-state index contributed by atoms with van der Waals surface area (Å²) in [6, 6.07) is 12.1. The maximum absolute atomic E-state index is 12.3. The van der Waals surface area contributed by atoms with Crippen LogP contribution in [0.25, 0.3) is 0 Å². The van der Waals surface area contributed by atoms with Crippen molar-refractivity contribution in [3.8, 4) is 0 Å². The average Bonchev–Trinajstić information content (AvgIpc) is 3.14. The van der Waals surface area contributed by atoms with E-state index in [1.54, 1.807) is 12.1 Å². The van der Waals surface area contributed by atoms with Crippen LogP contribution in [0.5, 0.6) is 0 Å². The third-order valence-corrected chi connectivity index (χ3v) is 5.09. The summed E-state index contributed by atoms with van der Waals surface area (Å²) in [6.07, 6.45) is 1.42. The molecule has 1 aromatic heterocycles. The molecule has 0 bridgehead atoms. The van der Waals surface area contributed by atoms with Crippen molar-refractivity contribution in [2.75, 3.05) is 18.7 Å². The Labute approximate surface area is 166 Å². The number of aromatic nitrogens is 2. The SMILES string of the molecule is COC(=O)c1ccc(C(=O)Nc2nnc(Cc3ccc(S(C)(=O)=O)cc3)o2)cc1. The zero-order valence-electron chi connectivity index (χ0n) is 15.6. The van der Waals surface area contributed by atoms with Gasteiger partial charge in [0.25, 0.3) is 5.91 Å². The maximum Gasteiger partial charge on any atom is 0.337 e. The van der Waals surface area contributed by atoms with Crippen LogP contribution in [-0.2, 0) is 21.0 Å². The average molecular weight is 415 g/mol. The number of ether oxygens (including phenoxy) is 1. The molecule has 3 aromatic rings. The Bertz CT molecular complexity index is 1140. The van der Waals surface area contributed by atoms with E-state index in [4.69, 9.17) is 4.42 Å². The van der Waals surface area contributed by atoms with Gasteiger partial charge in [0, 0.05) is 11.8 Å². The first-order chi connectivity index (χ1) is 13.8. The molecule has 0 atom stereocenters. The van der Waals surface area contributed by atoms with Gasteiger partial charge in [-0.05, 0) is 42.0 Å². The molecule has 0 unspecified atom stereocenters. The molecule has 1 heterocycles. The summed E-state index contributed by atoms with van der Waals surface area (Å²) in [5, 5.41) is 10.1. The number of nitrogens with zero attached hydrogens (tertiary/aromatic N) is 2. The smallest absolute Gasteiger partial charge is 0.337 e. The molecule has 0 aliphatic heterocycles. The van der Waals surface area contributed by atoms with Gasteiger partial charge in [0.15, 0.2) is 9.84 Å². The predicted molar refractivity (Wildman–Crippen MR) is 102 cm³/mol. The molecular formula is C19H17N3O6S. The van der Waals surface area contributed by atoms with Crippen molar-refractivity contribution in [3.63, 3.8) is 0 Å². The van der Waals surface area contributed by atoms with Crippen LogP contribution in [0, 0.1) is 0 Å². The molecule has 10 heteroatoms. The first kappa shape index (κ1) is 20.2. The molecule has 0 aliphatic carbocycles. The molecule has 150 valence electrons. The highest BCUT2D eigenvalue weighted by molar-refractivity contribution is 7.90. The van der Waals surface area contributed by atoms with E-state index >= 15 is 0 Å². The number of hydrogen-bond donors (Lipinski definition) is 1. The zero-order chi connectivity index (χ0) is 21.0. The number of sulfone groups is 1. The lowest BCUT2D eigenvalue weighted by Gasteiger charge is -2.02. The molecule has 1 amide bonds. The zero-order valence-corrected chi connectivity index (χ0v) is 16.4. The standard InChI is InChI=1S/C19H17N3O6S/c1-27-18(24)14-7-5-13(6-8-14)17(23)20-19-22-21-16(28-19)11-12-3-9-15(10-4-12)29(2,25)26/h3-10H,11H2,1-2H3,(H,20,22,23). The van der Waals surface area contributed by atoms with Gasteiger partial charge in [0.05, 0.1) is 24.0 Å². The number of carbonyl (C=O) groups is 2. The van der Waals surface area contributed by atoms with E-state index in [9.17, 15) is 18.0 Å². The Kier molecular flexibility index (Phi) is 5.74. The Hall–Kier alpha value is -3.53. The monoisotopic (exact) mass is 415 g/mol. The van der Waals surface area contributed by atoms with E-state index in [2.05, 4.69) is 20.3 Å². The minimum Gasteiger partial charge on any atom is -0.465 e. The largest absolute Gasteiger partial charge is 0.465 e. The Morgan fingerprint density at radius 3 is 2.21 bits per heavy atom. The van der Waals surface area contributed by atoms with Crippen molar-refractivity contribution in [3.05, 3.63) is 71.1 Å². The minimum atomic E-state index is -3.26. The van der Waals surface area contributed by atoms with Gasteiger partial charge in [0.2, 0.25) is 5.89 Å². The van der Waals surface area contributed by atoms with Crippen LogP contribution in [0.4, 0.5) is 6.01 Å². The van der Waals surface area contributed by atoms with Crippen LogP contribution in [0.2, 0.25) is 0 Å². The minimum absolute atomic E-state index is 0.0743. The maximum atomic E-state index is 12.3. The van der Waals surface area contributed by atoms with E-state index in [0.29, 0.717) is 11.1 Å². The number of benzene rings is 2. The molecule has 0 fully saturated rings. The van der Waals surface area contributed by atoms with E-state index in [1.807, 2.05) is 0 Å². The normalized spacial score (nSPS) is 11.1. The predicted octanol–water partition coefficient (Wildman–Crippen LogP) is 2.10. The number of esters is 1. The second-order valence-electron chi connectivity index (χ2n) is 6.12. The van der Waals surface area contributed by atoms with Crippen LogP contribution < -0.4 is 5.32 Å². The van der Waals surface area contributed by atoms with Crippen LogP contribution in [0.3, 0.4) is 0 Å². The van der Waals surface area contributed by atoms with E-state index < -0.39 is 21.7 Å². The summed E-state index contributed by atoms with van der Waals surface area (Å²) in [5.74, 6) is -0.717. The van der Waals surface area contributed by atoms with Crippen LogP contribution in [0.1, 0.15) is 32.2 Å². The highest BCUT2D eigenvalue weighted by Crippen LogP contribution is 2.15. The van der Waals surface area contributed by atoms with Crippen LogP contribution >= 0.6 is 0 Å². The number of amides is 1. The van der Waals surface area contributed by atoms with Gasteiger partial charge in [-0.25, -0.2) is 13.2 Å². The summed E-state index contributed by atoms with van der Waals surface area (Å²) in [7, 11) is -1.99. The Balaban J connectivity index is 1.64. The Morgan fingerprint density at radius 1 is 1.00 bits per heavy atom. The van der Waals surface area contributed by atoms with Gasteiger partial charge in [0.1, 0.15) is 0 Å². The van der Waals surface area contributed by atoms with Gasteiger partial charge < -0.3 is 9.15 Å². The molecule has 0 saturated carbocycles. The van der Waals surface area contributed by atoms with Crippen molar-refractivity contribution in [1.29, 1.82) is 0 Å². The van der Waals surface area contributed by atoms with Gasteiger partial charge in [-0.3, -0.25) is 10.1 Å². The molecular weight excluding hydrogens is 398 g/mol. The Morgan fingerprint density at radius 2 is 1.62 bits per heavy atom. The summed E-state index contributed by atoms with van der Waals surface area (Å²) < 4.78 is 33.0. The molecule has 0 aliphatic rings. The lowest BCUT2D eigenvalue weighted by Crippen LogP contribution is -2.12. The lowest BCUT2D eigenvalue weighted by atomic mass is 10.1. The topological polar surface area (TPSA) is 128 Å². The molecule has 1 N–H and O–H groups in total. The number of hydrogen-bond acceptors (Lipinski definition) is 8. The fourth-order valence-corrected chi connectivity index (χ4v) is 3.08. The quantitative estimate of drug-likeness (QED) is 0.606. The van der Waals surface area contributed by atoms with E-state index in [-0.39, 0.29) is 23.2 Å². The van der Waals surface area contributed by atoms with Gasteiger partial charge >= 0.3 is 12.0 Å². The third-order valence-electron chi connectivity index (χ3n) is 3.96. The number of rotatable bonds is 6. The molecule has 2 aromatic carbocycles. The fourth-order valence-electron chi connectivity index (χ4n) is 2.45. The summed E-state index contributed by atoms with van der Waals surface area (Å²) >= 11 is 0. The second kappa shape index (κ2) is 8.23. The number of anilines is 1. The molecule has 0 spiro atoms. The third kappa shape index (κ3) is 5.05. The second-order valence-corrected chi connectivity index (χ2v) is 8.13. The van der Waals surface area contributed by atoms with Crippen LogP contribution in [-0.4, -0.2) is 43.9 Å². The van der Waals surface area contributed by atoms with Crippen molar-refractivity contribution in [2.45, 2.75) is 11.3 Å². The molecule has 0 saturated heterocycles. The number of carbonyl (C=O) groups excluding carboxylic acids is 2. The summed E-state index contributed by atoms with van der Waals surface area (Å²) in [4.78, 5) is 23.9. The fraction of sp³-hybridized carbons (Fsp3) is 0.158. The molecule has 0 radical (unpaired) electrons. The van der Waals surface area contributed by atoms with E-state index in [1.165, 1.54) is 43.5 Å². The highest BCUT2D eigenvalue weighted by Gasteiger charge is 2.14.